The first-order valence-corrected chi connectivity index (χ1v) is 9.49. The first kappa shape index (κ1) is 18.4. The van der Waals surface area contributed by atoms with E-state index in [1.807, 2.05) is 20.8 Å². The number of nitrogens with one attached hydrogen (secondary N) is 1. The highest BCUT2D eigenvalue weighted by molar-refractivity contribution is 9.10. The van der Waals surface area contributed by atoms with Crippen molar-refractivity contribution in [3.05, 3.63) is 16.7 Å². The Kier molecular flexibility index (Phi) is 7.09. The third kappa shape index (κ3) is 4.40. The number of rotatable bonds is 8. The number of sulfonamides is 1. The van der Waals surface area contributed by atoms with E-state index in [1.165, 1.54) is 4.31 Å². The summed E-state index contributed by atoms with van der Waals surface area (Å²) in [5.41, 5.74) is 0. The Labute approximate surface area is 136 Å². The predicted molar refractivity (Wildman–Crippen MR) is 90.0 cm³/mol. The number of anilines is 1. The van der Waals surface area contributed by atoms with Gasteiger partial charge >= 0.3 is 0 Å². The van der Waals surface area contributed by atoms with E-state index in [0.717, 1.165) is 19.3 Å². The van der Waals surface area contributed by atoms with E-state index in [0.29, 0.717) is 16.8 Å². The van der Waals surface area contributed by atoms with Crippen LogP contribution in [-0.2, 0) is 10.0 Å². The fraction of sp³-hybridized carbons (Fsp3) is 0.643. The van der Waals surface area contributed by atoms with Gasteiger partial charge in [0.15, 0.2) is 0 Å². The van der Waals surface area contributed by atoms with Crippen molar-refractivity contribution in [1.82, 2.24) is 9.29 Å². The molecule has 0 saturated heterocycles. The summed E-state index contributed by atoms with van der Waals surface area (Å²) >= 11 is 3.30. The van der Waals surface area contributed by atoms with Crippen LogP contribution in [0.4, 0.5) is 5.82 Å². The van der Waals surface area contributed by atoms with Crippen molar-refractivity contribution in [3.8, 4) is 0 Å². The molecule has 0 unspecified atom stereocenters. The number of pyridine rings is 1. The van der Waals surface area contributed by atoms with Crippen molar-refractivity contribution < 1.29 is 8.42 Å². The van der Waals surface area contributed by atoms with Gasteiger partial charge in [-0.15, -0.1) is 0 Å². The van der Waals surface area contributed by atoms with E-state index in [9.17, 15) is 8.42 Å². The molecule has 0 aromatic carbocycles. The monoisotopic (exact) mass is 377 g/mol. The summed E-state index contributed by atoms with van der Waals surface area (Å²) in [6.07, 6.45) is 4.07. The van der Waals surface area contributed by atoms with Gasteiger partial charge in [-0.1, -0.05) is 20.8 Å². The number of hydrogen-bond acceptors (Lipinski definition) is 4. The molecule has 0 spiro atoms. The topological polar surface area (TPSA) is 62.3 Å². The molecule has 5 nitrogen and oxygen atoms in total. The van der Waals surface area contributed by atoms with Crippen molar-refractivity contribution in [2.45, 2.75) is 51.0 Å². The molecular weight excluding hydrogens is 354 g/mol. The van der Waals surface area contributed by atoms with Gasteiger partial charge in [-0.05, 0) is 41.3 Å². The van der Waals surface area contributed by atoms with E-state index in [2.05, 4.69) is 26.2 Å². The molecular formula is C14H24BrN3O2S. The summed E-state index contributed by atoms with van der Waals surface area (Å²) in [4.78, 5) is 4.43. The number of hydrogen-bond donors (Lipinski definition) is 1. The molecule has 1 rings (SSSR count). The van der Waals surface area contributed by atoms with Crippen LogP contribution in [-0.4, -0.2) is 37.3 Å². The quantitative estimate of drug-likeness (QED) is 0.752. The second kappa shape index (κ2) is 8.10. The normalized spacial score (nSPS) is 12.1. The minimum Gasteiger partial charge on any atom is -0.369 e. The lowest BCUT2D eigenvalue weighted by Gasteiger charge is -2.26. The summed E-state index contributed by atoms with van der Waals surface area (Å²) in [6, 6.07) is 1.60. The highest BCUT2D eigenvalue weighted by Gasteiger charge is 2.29. The smallest absolute Gasteiger partial charge is 0.246 e. The first-order valence-electron chi connectivity index (χ1n) is 7.25. The first-order chi connectivity index (χ1) is 9.88. The third-order valence-electron chi connectivity index (χ3n) is 3.48. The predicted octanol–water partition coefficient (Wildman–Crippen LogP) is 3.48. The summed E-state index contributed by atoms with van der Waals surface area (Å²) in [5, 5.41) is 3.09. The standard InChI is InChI=1S/C14H24BrN3O2S/c1-5-8-16-14-13(9-11(15)10-17-14)21(19,20)18(4)12(6-2)7-3/h9-10,12H,5-8H2,1-4H3,(H,16,17). The second-order valence-corrected chi connectivity index (χ2v) is 7.80. The molecule has 0 saturated carbocycles. The van der Waals surface area contributed by atoms with Crippen LogP contribution in [0.3, 0.4) is 0 Å². The van der Waals surface area contributed by atoms with Gasteiger partial charge in [-0.3, -0.25) is 0 Å². The van der Waals surface area contributed by atoms with Crippen LogP contribution in [0.2, 0.25) is 0 Å². The van der Waals surface area contributed by atoms with Crippen LogP contribution in [0, 0.1) is 0 Å². The van der Waals surface area contributed by atoms with Gasteiger partial charge < -0.3 is 5.32 Å². The Bertz CT molecular complexity index is 559. The van der Waals surface area contributed by atoms with Gasteiger partial charge in [-0.25, -0.2) is 13.4 Å². The number of nitrogens with zero attached hydrogens (tertiary/aromatic N) is 2. The van der Waals surface area contributed by atoms with E-state index >= 15 is 0 Å². The molecule has 1 N–H and O–H groups in total. The van der Waals surface area contributed by atoms with Gasteiger partial charge in [0, 0.05) is 30.3 Å². The van der Waals surface area contributed by atoms with Crippen molar-refractivity contribution in [2.24, 2.45) is 0 Å². The Hall–Kier alpha value is -0.660. The average Bonchev–Trinajstić information content (AvgIpc) is 2.47. The Morgan fingerprint density at radius 1 is 1.33 bits per heavy atom. The maximum atomic E-state index is 12.9. The van der Waals surface area contributed by atoms with Crippen molar-refractivity contribution in [2.75, 3.05) is 18.9 Å². The maximum Gasteiger partial charge on any atom is 0.246 e. The Morgan fingerprint density at radius 2 is 1.95 bits per heavy atom. The molecule has 7 heteroatoms. The fourth-order valence-corrected chi connectivity index (χ4v) is 4.28. The van der Waals surface area contributed by atoms with E-state index in [-0.39, 0.29) is 10.9 Å². The lowest BCUT2D eigenvalue weighted by atomic mass is 10.2. The van der Waals surface area contributed by atoms with Gasteiger partial charge in [0.2, 0.25) is 10.0 Å². The second-order valence-electron chi connectivity index (χ2n) is 4.92. The molecule has 1 aromatic rings. The van der Waals surface area contributed by atoms with Crippen LogP contribution in [0.1, 0.15) is 40.0 Å². The molecule has 0 atom stereocenters. The van der Waals surface area contributed by atoms with Crippen LogP contribution >= 0.6 is 15.9 Å². The van der Waals surface area contributed by atoms with Gasteiger partial charge in [-0.2, -0.15) is 4.31 Å². The minimum atomic E-state index is -3.57. The number of halogens is 1. The van der Waals surface area contributed by atoms with Gasteiger partial charge in [0.1, 0.15) is 10.7 Å². The molecule has 1 aromatic heterocycles. The largest absolute Gasteiger partial charge is 0.369 e. The molecule has 120 valence electrons. The minimum absolute atomic E-state index is 0.00648. The Morgan fingerprint density at radius 3 is 2.48 bits per heavy atom. The molecule has 0 aliphatic heterocycles. The fourth-order valence-electron chi connectivity index (χ4n) is 2.15. The van der Waals surface area contributed by atoms with Crippen LogP contribution < -0.4 is 5.32 Å². The number of aromatic nitrogens is 1. The third-order valence-corrected chi connectivity index (χ3v) is 5.83. The van der Waals surface area contributed by atoms with Gasteiger partial charge in [0.25, 0.3) is 0 Å². The molecule has 0 bridgehead atoms. The Balaban J connectivity index is 3.25. The van der Waals surface area contributed by atoms with Crippen LogP contribution in [0.5, 0.6) is 0 Å². The SMILES string of the molecule is CCCNc1ncc(Br)cc1S(=O)(=O)N(C)C(CC)CC. The van der Waals surface area contributed by atoms with Crippen molar-refractivity contribution >= 4 is 31.8 Å². The summed E-state index contributed by atoms with van der Waals surface area (Å²) < 4.78 is 27.8. The van der Waals surface area contributed by atoms with Crippen LogP contribution in [0.15, 0.2) is 21.6 Å². The molecule has 0 fully saturated rings. The zero-order valence-corrected chi connectivity index (χ0v) is 15.5. The maximum absolute atomic E-state index is 12.9. The van der Waals surface area contributed by atoms with Crippen molar-refractivity contribution in [1.29, 1.82) is 0 Å². The van der Waals surface area contributed by atoms with Crippen LogP contribution in [0.25, 0.3) is 0 Å². The van der Waals surface area contributed by atoms with E-state index < -0.39 is 10.0 Å². The van der Waals surface area contributed by atoms with Crippen molar-refractivity contribution in [3.63, 3.8) is 0 Å². The lowest BCUT2D eigenvalue weighted by molar-refractivity contribution is 0.350. The zero-order valence-electron chi connectivity index (χ0n) is 13.1. The summed E-state index contributed by atoms with van der Waals surface area (Å²) in [5.74, 6) is 0.415. The average molecular weight is 378 g/mol. The highest BCUT2D eigenvalue weighted by Crippen LogP contribution is 2.27. The molecule has 0 aliphatic rings. The zero-order chi connectivity index (χ0) is 16.0. The molecule has 1 heterocycles. The molecule has 0 aliphatic carbocycles. The lowest BCUT2D eigenvalue weighted by Crippen LogP contribution is -2.36. The van der Waals surface area contributed by atoms with E-state index in [4.69, 9.17) is 0 Å². The molecule has 0 amide bonds. The summed E-state index contributed by atoms with van der Waals surface area (Å²) in [7, 11) is -1.93. The van der Waals surface area contributed by atoms with E-state index in [1.54, 1.807) is 19.3 Å². The molecule has 0 radical (unpaired) electrons. The summed E-state index contributed by atoms with van der Waals surface area (Å²) in [6.45, 7) is 6.70. The van der Waals surface area contributed by atoms with Gasteiger partial charge in [0.05, 0.1) is 0 Å². The highest BCUT2D eigenvalue weighted by atomic mass is 79.9. The molecule has 21 heavy (non-hydrogen) atoms.